The molecule has 1 fully saturated rings. The number of nitrogens with zero attached hydrogens (tertiary/aromatic N) is 4. The van der Waals surface area contributed by atoms with Crippen molar-refractivity contribution in [3.8, 4) is 11.5 Å². The second-order valence-electron chi connectivity index (χ2n) is 7.94. The topological polar surface area (TPSA) is 83.2 Å². The average Bonchev–Trinajstić information content (AvgIpc) is 3.44. The molecule has 2 aromatic heterocycles. The number of ether oxygens (including phenoxy) is 2. The number of alkyl halides is 2. The fourth-order valence-electron chi connectivity index (χ4n) is 3.71. The van der Waals surface area contributed by atoms with Gasteiger partial charge in [-0.05, 0) is 44.4 Å². The van der Waals surface area contributed by atoms with Crippen molar-refractivity contribution in [1.82, 2.24) is 19.6 Å². The number of aromatic nitrogens is 4. The lowest BCUT2D eigenvalue weighted by atomic mass is 10.2. The first kappa shape index (κ1) is 24.0. The van der Waals surface area contributed by atoms with Crippen LogP contribution in [0, 0.1) is 0 Å². The van der Waals surface area contributed by atoms with Crippen molar-refractivity contribution in [1.29, 1.82) is 0 Å². The smallest absolute Gasteiger partial charge is 0.283 e. The maximum atomic E-state index is 13.2. The summed E-state index contributed by atoms with van der Waals surface area (Å²) in [5.74, 6) is 1.01. The van der Waals surface area contributed by atoms with E-state index in [0.29, 0.717) is 42.6 Å². The molecule has 0 saturated heterocycles. The molecule has 182 valence electrons. The van der Waals surface area contributed by atoms with Crippen LogP contribution in [-0.2, 0) is 17.9 Å². The third-order valence-corrected chi connectivity index (χ3v) is 5.68. The summed E-state index contributed by atoms with van der Waals surface area (Å²) in [7, 11) is 0. The number of benzene rings is 1. The van der Waals surface area contributed by atoms with Gasteiger partial charge in [0.2, 0.25) is 5.91 Å². The van der Waals surface area contributed by atoms with Gasteiger partial charge in [0, 0.05) is 12.1 Å². The van der Waals surface area contributed by atoms with Gasteiger partial charge in [-0.15, -0.1) is 0 Å². The van der Waals surface area contributed by atoms with Crippen molar-refractivity contribution < 1.29 is 23.0 Å². The van der Waals surface area contributed by atoms with E-state index in [1.807, 2.05) is 32.0 Å². The fraction of sp³-hybridized carbons (Fsp3) is 0.435. The lowest BCUT2D eigenvalue weighted by molar-refractivity contribution is -0.117. The molecule has 34 heavy (non-hydrogen) atoms. The Hall–Kier alpha value is -3.14. The van der Waals surface area contributed by atoms with Gasteiger partial charge in [-0.25, -0.2) is 8.78 Å². The van der Waals surface area contributed by atoms with Crippen molar-refractivity contribution in [3.05, 3.63) is 52.6 Å². The van der Waals surface area contributed by atoms with E-state index >= 15 is 0 Å². The minimum atomic E-state index is -2.79. The molecule has 1 amide bonds. The van der Waals surface area contributed by atoms with Crippen LogP contribution in [0.3, 0.4) is 0 Å². The van der Waals surface area contributed by atoms with E-state index in [0.717, 1.165) is 18.4 Å². The van der Waals surface area contributed by atoms with Gasteiger partial charge >= 0.3 is 0 Å². The highest BCUT2D eigenvalue weighted by molar-refractivity contribution is 6.32. The Balaban J connectivity index is 1.41. The van der Waals surface area contributed by atoms with Crippen LogP contribution < -0.4 is 14.8 Å². The van der Waals surface area contributed by atoms with Gasteiger partial charge in [-0.2, -0.15) is 10.2 Å². The summed E-state index contributed by atoms with van der Waals surface area (Å²) in [4.78, 5) is 12.6. The average molecular weight is 494 g/mol. The summed E-state index contributed by atoms with van der Waals surface area (Å²) in [5, 5.41) is 10.9. The number of carbonyl (C=O) groups excluding carboxylic acids is 1. The van der Waals surface area contributed by atoms with Crippen molar-refractivity contribution in [3.63, 3.8) is 0 Å². The van der Waals surface area contributed by atoms with E-state index in [9.17, 15) is 13.6 Å². The number of nitrogens with one attached hydrogen (secondary N) is 1. The Bertz CT molecular complexity index is 1160. The third-order valence-electron chi connectivity index (χ3n) is 5.29. The highest BCUT2D eigenvalue weighted by Crippen LogP contribution is 2.45. The molecule has 0 atom stereocenters. The minimum absolute atomic E-state index is 0.0418. The molecule has 1 aromatic carbocycles. The number of halogens is 3. The zero-order valence-corrected chi connectivity index (χ0v) is 19.7. The van der Waals surface area contributed by atoms with E-state index in [2.05, 4.69) is 15.5 Å². The third kappa shape index (κ3) is 5.49. The predicted octanol–water partition coefficient (Wildman–Crippen LogP) is 5.03. The summed E-state index contributed by atoms with van der Waals surface area (Å²) in [5.41, 5.74) is 1.46. The van der Waals surface area contributed by atoms with E-state index in [-0.39, 0.29) is 17.5 Å². The van der Waals surface area contributed by atoms with Gasteiger partial charge in [-0.1, -0.05) is 17.7 Å². The minimum Gasteiger partial charge on any atom is -0.490 e. The Labute approximate surface area is 200 Å². The molecule has 2 heterocycles. The largest absolute Gasteiger partial charge is 0.490 e. The summed E-state index contributed by atoms with van der Waals surface area (Å²) >= 11 is 6.12. The molecule has 3 aromatic rings. The first-order chi connectivity index (χ1) is 16.4. The van der Waals surface area contributed by atoms with Gasteiger partial charge in [-0.3, -0.25) is 14.2 Å². The van der Waals surface area contributed by atoms with Crippen LogP contribution in [0.1, 0.15) is 56.0 Å². The highest BCUT2D eigenvalue weighted by atomic mass is 35.5. The maximum absolute atomic E-state index is 13.2. The normalized spacial score (nSPS) is 13.4. The molecule has 0 unspecified atom stereocenters. The molecule has 8 nitrogen and oxygen atoms in total. The Morgan fingerprint density at radius 1 is 1.24 bits per heavy atom. The van der Waals surface area contributed by atoms with Gasteiger partial charge < -0.3 is 14.8 Å². The van der Waals surface area contributed by atoms with E-state index < -0.39 is 18.0 Å². The zero-order chi connectivity index (χ0) is 24.2. The van der Waals surface area contributed by atoms with Gasteiger partial charge in [0.1, 0.15) is 12.2 Å². The lowest BCUT2D eigenvalue weighted by Gasteiger charge is -2.12. The molecule has 1 N–H and O–H groups in total. The Kier molecular flexibility index (Phi) is 7.35. The number of carbonyl (C=O) groups is 1. The van der Waals surface area contributed by atoms with Crippen LogP contribution >= 0.6 is 11.6 Å². The molecule has 0 spiro atoms. The molecular weight excluding hydrogens is 468 g/mol. The van der Waals surface area contributed by atoms with Crippen LogP contribution in [0.15, 0.2) is 30.6 Å². The van der Waals surface area contributed by atoms with Crippen LogP contribution in [0.4, 0.5) is 14.5 Å². The van der Waals surface area contributed by atoms with Crippen molar-refractivity contribution in [2.45, 2.75) is 52.1 Å². The SMILES string of the molecule is CCOc1ccc(Cn2cc(NC(=O)Cn3nc(C(F)F)c(Cl)c3C3CC3)cn2)cc1OCC. The number of amides is 1. The molecule has 11 heteroatoms. The summed E-state index contributed by atoms with van der Waals surface area (Å²) in [6.45, 7) is 5.13. The Morgan fingerprint density at radius 3 is 2.65 bits per heavy atom. The summed E-state index contributed by atoms with van der Waals surface area (Å²) in [6.07, 6.45) is 2.12. The van der Waals surface area contributed by atoms with E-state index in [1.54, 1.807) is 10.9 Å². The molecular formula is C23H26ClF2N5O3. The van der Waals surface area contributed by atoms with Crippen molar-refractivity contribution in [2.24, 2.45) is 0 Å². The van der Waals surface area contributed by atoms with E-state index in [4.69, 9.17) is 21.1 Å². The molecule has 0 radical (unpaired) electrons. The standard InChI is InChI=1S/C23H26ClF2N5O3/c1-3-33-17-8-5-14(9-18(17)34-4-2)11-30-12-16(10-27-30)28-19(32)13-31-22(15-6-7-15)20(24)21(29-31)23(25)26/h5,8-10,12,15,23H,3-4,6-7,11,13H2,1-2H3,(H,28,32). The quantitative estimate of drug-likeness (QED) is 0.405. The number of rotatable bonds is 11. The summed E-state index contributed by atoms with van der Waals surface area (Å²) in [6, 6.07) is 5.68. The Morgan fingerprint density at radius 2 is 1.97 bits per heavy atom. The first-order valence-corrected chi connectivity index (χ1v) is 11.5. The van der Waals surface area contributed by atoms with Gasteiger partial charge in [0.25, 0.3) is 6.43 Å². The zero-order valence-electron chi connectivity index (χ0n) is 18.9. The summed E-state index contributed by atoms with van der Waals surface area (Å²) < 4.78 is 40.6. The number of anilines is 1. The molecule has 1 saturated carbocycles. The molecule has 4 rings (SSSR count). The van der Waals surface area contributed by atoms with Crippen LogP contribution in [0.2, 0.25) is 5.02 Å². The van der Waals surface area contributed by atoms with Crippen LogP contribution in [0.5, 0.6) is 11.5 Å². The lowest BCUT2D eigenvalue weighted by Crippen LogP contribution is -2.20. The molecule has 0 aliphatic heterocycles. The van der Waals surface area contributed by atoms with E-state index in [1.165, 1.54) is 10.9 Å². The second kappa shape index (κ2) is 10.4. The number of hydrogen-bond donors (Lipinski definition) is 1. The van der Waals surface area contributed by atoms with Crippen LogP contribution in [-0.4, -0.2) is 38.7 Å². The maximum Gasteiger partial charge on any atom is 0.283 e. The molecule has 0 bridgehead atoms. The molecule has 1 aliphatic rings. The van der Waals surface area contributed by atoms with Crippen LogP contribution in [0.25, 0.3) is 0 Å². The molecule has 1 aliphatic carbocycles. The van der Waals surface area contributed by atoms with Crippen molar-refractivity contribution >= 4 is 23.2 Å². The number of hydrogen-bond acceptors (Lipinski definition) is 5. The predicted molar refractivity (Wildman–Crippen MR) is 123 cm³/mol. The highest BCUT2D eigenvalue weighted by Gasteiger charge is 2.34. The van der Waals surface area contributed by atoms with Crippen molar-refractivity contribution in [2.75, 3.05) is 18.5 Å². The van der Waals surface area contributed by atoms with Gasteiger partial charge in [0.15, 0.2) is 11.5 Å². The monoisotopic (exact) mass is 493 g/mol. The fourth-order valence-corrected chi connectivity index (χ4v) is 4.08. The van der Waals surface area contributed by atoms with Gasteiger partial charge in [0.05, 0.1) is 42.4 Å². The second-order valence-corrected chi connectivity index (χ2v) is 8.32. The first-order valence-electron chi connectivity index (χ1n) is 11.1.